The van der Waals surface area contributed by atoms with E-state index in [2.05, 4.69) is 5.10 Å². The normalized spacial score (nSPS) is 14.6. The van der Waals surface area contributed by atoms with Crippen molar-refractivity contribution < 1.29 is 13.9 Å². The fraction of sp³-hybridized carbons (Fsp3) is 0.381. The van der Waals surface area contributed by atoms with Gasteiger partial charge in [-0.15, -0.1) is 0 Å². The van der Waals surface area contributed by atoms with Crippen LogP contribution in [-0.2, 0) is 16.0 Å². The number of ether oxygens (including phenoxy) is 1. The van der Waals surface area contributed by atoms with E-state index in [1.807, 2.05) is 25.7 Å². The van der Waals surface area contributed by atoms with Gasteiger partial charge in [-0.3, -0.25) is 4.79 Å². The van der Waals surface area contributed by atoms with Gasteiger partial charge < -0.3 is 9.64 Å². The van der Waals surface area contributed by atoms with Gasteiger partial charge in [0.25, 0.3) is 0 Å². The maximum absolute atomic E-state index is 13.3. The van der Waals surface area contributed by atoms with E-state index < -0.39 is 0 Å². The average molecular weight is 382 g/mol. The zero-order chi connectivity index (χ0) is 19.8. The molecule has 0 radical (unpaired) electrons. The third-order valence-corrected chi connectivity index (χ3v) is 5.33. The molecule has 1 amide bonds. The number of hydrogen-bond donors (Lipinski definition) is 0. The lowest BCUT2D eigenvalue weighted by Gasteiger charge is -2.27. The van der Waals surface area contributed by atoms with Crippen molar-refractivity contribution in [1.82, 2.24) is 19.5 Å². The number of hydrogen-bond acceptors (Lipinski definition) is 4. The van der Waals surface area contributed by atoms with Gasteiger partial charge in [0.15, 0.2) is 5.65 Å². The van der Waals surface area contributed by atoms with E-state index in [1.165, 1.54) is 12.1 Å². The van der Waals surface area contributed by atoms with Crippen molar-refractivity contribution >= 4 is 11.6 Å². The highest BCUT2D eigenvalue weighted by Gasteiger charge is 2.22. The molecule has 28 heavy (non-hydrogen) atoms. The number of benzene rings is 1. The van der Waals surface area contributed by atoms with Gasteiger partial charge in [0.2, 0.25) is 5.91 Å². The fourth-order valence-electron chi connectivity index (χ4n) is 3.75. The van der Waals surface area contributed by atoms with Crippen molar-refractivity contribution in [3.63, 3.8) is 0 Å². The van der Waals surface area contributed by atoms with Crippen LogP contribution in [0.1, 0.15) is 22.6 Å². The van der Waals surface area contributed by atoms with Gasteiger partial charge in [-0.05, 0) is 38.5 Å². The standard InChI is InChI=1S/C21H23FN4O2/c1-13-18(12-19(27)25-8-10-28-11-9-25)15(3)26-21(23-13)20(14(2)24-26)16-4-6-17(22)7-5-16/h4-7H,8-12H2,1-3H3. The number of fused-ring (bicyclic) bond motifs is 1. The minimum absolute atomic E-state index is 0.0817. The van der Waals surface area contributed by atoms with E-state index in [0.717, 1.165) is 39.4 Å². The Morgan fingerprint density at radius 3 is 2.46 bits per heavy atom. The number of carbonyl (C=O) groups excluding carboxylic acids is 1. The molecule has 3 heterocycles. The number of halogens is 1. The number of aryl methyl sites for hydroxylation is 3. The molecule has 0 unspecified atom stereocenters. The Bertz CT molecular complexity index is 1040. The number of carbonyl (C=O) groups is 1. The van der Waals surface area contributed by atoms with E-state index >= 15 is 0 Å². The molecule has 1 aromatic carbocycles. The number of aromatic nitrogens is 3. The van der Waals surface area contributed by atoms with E-state index in [-0.39, 0.29) is 11.7 Å². The summed E-state index contributed by atoms with van der Waals surface area (Å²) in [6.07, 6.45) is 0.297. The van der Waals surface area contributed by atoms with Gasteiger partial charge in [-0.1, -0.05) is 12.1 Å². The Balaban J connectivity index is 1.74. The molecular weight excluding hydrogens is 359 g/mol. The van der Waals surface area contributed by atoms with Crippen LogP contribution in [0.15, 0.2) is 24.3 Å². The van der Waals surface area contributed by atoms with Crippen LogP contribution in [0, 0.1) is 26.6 Å². The second-order valence-corrected chi connectivity index (χ2v) is 7.13. The zero-order valence-corrected chi connectivity index (χ0v) is 16.3. The molecule has 1 aliphatic rings. The maximum Gasteiger partial charge on any atom is 0.227 e. The summed E-state index contributed by atoms with van der Waals surface area (Å²) in [7, 11) is 0. The Morgan fingerprint density at radius 1 is 1.11 bits per heavy atom. The summed E-state index contributed by atoms with van der Waals surface area (Å²) in [4.78, 5) is 19.3. The maximum atomic E-state index is 13.3. The van der Waals surface area contributed by atoms with Crippen molar-refractivity contribution in [2.24, 2.45) is 0 Å². The van der Waals surface area contributed by atoms with Gasteiger partial charge in [-0.25, -0.2) is 13.9 Å². The molecule has 146 valence electrons. The summed E-state index contributed by atoms with van der Waals surface area (Å²) in [5, 5.41) is 4.65. The molecule has 1 aliphatic heterocycles. The topological polar surface area (TPSA) is 59.7 Å². The first kappa shape index (κ1) is 18.6. The highest BCUT2D eigenvalue weighted by Crippen LogP contribution is 2.29. The predicted molar refractivity (Wildman–Crippen MR) is 104 cm³/mol. The second-order valence-electron chi connectivity index (χ2n) is 7.13. The molecule has 6 nitrogen and oxygen atoms in total. The van der Waals surface area contributed by atoms with E-state index in [4.69, 9.17) is 9.72 Å². The first-order chi connectivity index (χ1) is 13.5. The molecule has 4 rings (SSSR count). The minimum Gasteiger partial charge on any atom is -0.378 e. The van der Waals surface area contributed by atoms with Crippen molar-refractivity contribution in [3.8, 4) is 11.1 Å². The highest BCUT2D eigenvalue weighted by molar-refractivity contribution is 5.82. The summed E-state index contributed by atoms with van der Waals surface area (Å²) < 4.78 is 20.4. The van der Waals surface area contributed by atoms with Crippen molar-refractivity contribution in [2.75, 3.05) is 26.3 Å². The van der Waals surface area contributed by atoms with Crippen LogP contribution in [0.3, 0.4) is 0 Å². The molecule has 0 spiro atoms. The minimum atomic E-state index is -0.276. The molecule has 3 aromatic rings. The summed E-state index contributed by atoms with van der Waals surface area (Å²) >= 11 is 0. The van der Waals surface area contributed by atoms with Crippen LogP contribution >= 0.6 is 0 Å². The largest absolute Gasteiger partial charge is 0.378 e. The van der Waals surface area contributed by atoms with Crippen LogP contribution < -0.4 is 0 Å². The molecule has 2 aromatic heterocycles. The van der Waals surface area contributed by atoms with Crippen LogP contribution in [0.25, 0.3) is 16.8 Å². The van der Waals surface area contributed by atoms with Gasteiger partial charge in [0, 0.05) is 35.6 Å². The van der Waals surface area contributed by atoms with Gasteiger partial charge in [-0.2, -0.15) is 5.10 Å². The van der Waals surface area contributed by atoms with E-state index in [9.17, 15) is 9.18 Å². The Kier molecular flexibility index (Phi) is 4.85. The van der Waals surface area contributed by atoms with E-state index in [1.54, 1.807) is 16.6 Å². The smallest absolute Gasteiger partial charge is 0.227 e. The number of rotatable bonds is 3. The first-order valence-electron chi connectivity index (χ1n) is 9.42. The molecule has 0 N–H and O–H groups in total. The van der Waals surface area contributed by atoms with Crippen LogP contribution in [0.5, 0.6) is 0 Å². The second kappa shape index (κ2) is 7.31. The van der Waals surface area contributed by atoms with Gasteiger partial charge in [0.05, 0.1) is 25.3 Å². The first-order valence-corrected chi connectivity index (χ1v) is 9.42. The monoisotopic (exact) mass is 382 g/mol. The quantitative estimate of drug-likeness (QED) is 0.699. The summed E-state index contributed by atoms with van der Waals surface area (Å²) in [5.74, 6) is -0.194. The van der Waals surface area contributed by atoms with Gasteiger partial charge in [0.1, 0.15) is 5.82 Å². The Morgan fingerprint density at radius 2 is 1.79 bits per heavy atom. The third-order valence-electron chi connectivity index (χ3n) is 5.33. The summed E-state index contributed by atoms with van der Waals surface area (Å²) in [5.41, 5.74) is 5.92. The number of amides is 1. The Hall–Kier alpha value is -2.80. The predicted octanol–water partition coefficient (Wildman–Crippen LogP) is 2.86. The third kappa shape index (κ3) is 3.26. The lowest BCUT2D eigenvalue weighted by molar-refractivity contribution is -0.134. The average Bonchev–Trinajstić information content (AvgIpc) is 3.02. The number of nitrogens with zero attached hydrogens (tertiary/aromatic N) is 4. The van der Waals surface area contributed by atoms with E-state index in [0.29, 0.717) is 32.7 Å². The zero-order valence-electron chi connectivity index (χ0n) is 16.3. The van der Waals surface area contributed by atoms with Crippen LogP contribution in [0.2, 0.25) is 0 Å². The van der Waals surface area contributed by atoms with Gasteiger partial charge >= 0.3 is 0 Å². The molecule has 1 saturated heterocycles. The Labute approximate surface area is 162 Å². The molecule has 0 saturated carbocycles. The highest BCUT2D eigenvalue weighted by atomic mass is 19.1. The summed E-state index contributed by atoms with van der Waals surface area (Å²) in [6, 6.07) is 6.35. The molecule has 0 aliphatic carbocycles. The van der Waals surface area contributed by atoms with Crippen molar-refractivity contribution in [1.29, 1.82) is 0 Å². The molecular formula is C21H23FN4O2. The van der Waals surface area contributed by atoms with Crippen molar-refractivity contribution in [3.05, 3.63) is 52.7 Å². The summed E-state index contributed by atoms with van der Waals surface area (Å²) in [6.45, 7) is 8.22. The fourth-order valence-corrected chi connectivity index (χ4v) is 3.75. The molecule has 0 bridgehead atoms. The SMILES string of the molecule is Cc1nc2c(-c3ccc(F)cc3)c(C)nn2c(C)c1CC(=O)N1CCOCC1. The lowest BCUT2D eigenvalue weighted by Crippen LogP contribution is -2.41. The number of morpholine rings is 1. The molecule has 7 heteroatoms. The molecule has 0 atom stereocenters. The van der Waals surface area contributed by atoms with Crippen molar-refractivity contribution in [2.45, 2.75) is 27.2 Å². The van der Waals surface area contributed by atoms with Crippen LogP contribution in [0.4, 0.5) is 4.39 Å². The van der Waals surface area contributed by atoms with Crippen LogP contribution in [-0.4, -0.2) is 51.7 Å². The lowest BCUT2D eigenvalue weighted by atomic mass is 10.0. The molecule has 1 fully saturated rings.